The zero-order chi connectivity index (χ0) is 29.9. The SMILES string of the molecule is COc1ccc(S(C)(=O)=O)cc1NCC#Cc1cc(C(=O)N[C@H]2CCN(C)C[C@H]2C)c2ncn(CC(F)(F)F)c2c1. The van der Waals surface area contributed by atoms with Gasteiger partial charge < -0.3 is 24.8 Å². The van der Waals surface area contributed by atoms with Crippen molar-refractivity contribution in [2.24, 2.45) is 5.92 Å². The first-order chi connectivity index (χ1) is 19.2. The molecule has 1 saturated heterocycles. The van der Waals surface area contributed by atoms with Crippen LogP contribution in [0.1, 0.15) is 29.3 Å². The lowest BCUT2D eigenvalue weighted by Gasteiger charge is -2.35. The van der Waals surface area contributed by atoms with Crippen molar-refractivity contribution in [2.75, 3.05) is 45.4 Å². The van der Waals surface area contributed by atoms with Crippen LogP contribution in [0.4, 0.5) is 18.9 Å². The highest BCUT2D eigenvalue weighted by Crippen LogP contribution is 2.28. The monoisotopic (exact) mass is 591 g/mol. The lowest BCUT2D eigenvalue weighted by molar-refractivity contribution is -0.139. The van der Waals surface area contributed by atoms with E-state index in [-0.39, 0.29) is 40.0 Å². The van der Waals surface area contributed by atoms with Gasteiger partial charge in [-0.15, -0.1) is 0 Å². The molecular weight excluding hydrogens is 559 g/mol. The summed E-state index contributed by atoms with van der Waals surface area (Å²) in [4.78, 5) is 19.8. The Morgan fingerprint density at radius 3 is 2.66 bits per heavy atom. The lowest BCUT2D eigenvalue weighted by atomic mass is 9.93. The number of ether oxygens (including phenoxy) is 1. The van der Waals surface area contributed by atoms with Gasteiger partial charge in [0.05, 0.1) is 41.6 Å². The van der Waals surface area contributed by atoms with Gasteiger partial charge in [-0.2, -0.15) is 13.2 Å². The number of piperidine rings is 1. The van der Waals surface area contributed by atoms with Gasteiger partial charge in [-0.1, -0.05) is 18.8 Å². The molecule has 1 fully saturated rings. The fourth-order valence-corrected chi connectivity index (χ4v) is 5.53. The molecule has 1 amide bonds. The number of aromatic nitrogens is 2. The van der Waals surface area contributed by atoms with Crippen LogP contribution < -0.4 is 15.4 Å². The molecule has 3 aromatic rings. The summed E-state index contributed by atoms with van der Waals surface area (Å²) >= 11 is 0. The number of methoxy groups -OCH3 is 1. The molecule has 1 aromatic heterocycles. The highest BCUT2D eigenvalue weighted by molar-refractivity contribution is 7.90. The second-order valence-corrected chi connectivity index (χ2v) is 12.3. The number of imidazole rings is 1. The first kappa shape index (κ1) is 30.2. The van der Waals surface area contributed by atoms with Crippen molar-refractivity contribution in [1.82, 2.24) is 19.8 Å². The van der Waals surface area contributed by atoms with Crippen LogP contribution in [0.3, 0.4) is 0 Å². The van der Waals surface area contributed by atoms with E-state index in [1.54, 1.807) is 0 Å². The second kappa shape index (κ2) is 12.0. The molecule has 0 bridgehead atoms. The van der Waals surface area contributed by atoms with Crippen LogP contribution in [0.25, 0.3) is 11.0 Å². The Morgan fingerprint density at radius 2 is 2.00 bits per heavy atom. The number of nitrogens with zero attached hydrogens (tertiary/aromatic N) is 3. The van der Waals surface area contributed by atoms with E-state index in [4.69, 9.17) is 4.74 Å². The predicted molar refractivity (Wildman–Crippen MR) is 150 cm³/mol. The van der Waals surface area contributed by atoms with Gasteiger partial charge >= 0.3 is 6.18 Å². The number of rotatable bonds is 7. The molecule has 41 heavy (non-hydrogen) atoms. The summed E-state index contributed by atoms with van der Waals surface area (Å²) < 4.78 is 69.9. The van der Waals surface area contributed by atoms with Gasteiger partial charge in [0, 0.05) is 24.4 Å². The molecule has 9 nitrogen and oxygen atoms in total. The van der Waals surface area contributed by atoms with Crippen LogP contribution in [-0.4, -0.2) is 81.0 Å². The van der Waals surface area contributed by atoms with Crippen LogP contribution in [0.5, 0.6) is 5.75 Å². The molecule has 0 unspecified atom stereocenters. The summed E-state index contributed by atoms with van der Waals surface area (Å²) in [6, 6.07) is 7.31. The maximum Gasteiger partial charge on any atom is 0.406 e. The Labute approximate surface area is 237 Å². The van der Waals surface area contributed by atoms with Crippen LogP contribution in [0.2, 0.25) is 0 Å². The fourth-order valence-electron chi connectivity index (χ4n) is 4.88. The molecule has 1 aliphatic heterocycles. The van der Waals surface area contributed by atoms with Crippen molar-refractivity contribution >= 4 is 32.5 Å². The summed E-state index contributed by atoms with van der Waals surface area (Å²) in [6.45, 7) is 2.49. The smallest absolute Gasteiger partial charge is 0.406 e. The van der Waals surface area contributed by atoms with Crippen LogP contribution in [-0.2, 0) is 16.4 Å². The average molecular weight is 592 g/mol. The first-order valence-electron chi connectivity index (χ1n) is 12.9. The number of amides is 1. The topological polar surface area (TPSA) is 106 Å². The van der Waals surface area contributed by atoms with E-state index in [1.165, 1.54) is 37.4 Å². The van der Waals surface area contributed by atoms with E-state index in [2.05, 4.69) is 32.4 Å². The van der Waals surface area contributed by atoms with E-state index in [1.807, 2.05) is 14.0 Å². The van der Waals surface area contributed by atoms with Gasteiger partial charge in [-0.05, 0) is 56.3 Å². The molecule has 0 spiro atoms. The Bertz CT molecular complexity index is 1610. The van der Waals surface area contributed by atoms with Crippen molar-refractivity contribution in [3.05, 3.63) is 47.8 Å². The zero-order valence-electron chi connectivity index (χ0n) is 23.2. The van der Waals surface area contributed by atoms with E-state index < -0.39 is 28.5 Å². The van der Waals surface area contributed by atoms with Gasteiger partial charge in [0.15, 0.2) is 9.84 Å². The third-order valence-electron chi connectivity index (χ3n) is 6.94. The fraction of sp³-hybridized carbons (Fsp3) is 0.429. The summed E-state index contributed by atoms with van der Waals surface area (Å²) in [7, 11) is 0.0171. The highest BCUT2D eigenvalue weighted by atomic mass is 32.2. The number of carbonyl (C=O) groups excluding carboxylic acids is 1. The van der Waals surface area contributed by atoms with Crippen molar-refractivity contribution in [3.8, 4) is 17.6 Å². The van der Waals surface area contributed by atoms with E-state index >= 15 is 0 Å². The summed E-state index contributed by atoms with van der Waals surface area (Å²) in [5.41, 5.74) is 1.20. The first-order valence-corrected chi connectivity index (χ1v) is 14.8. The number of nitrogens with one attached hydrogen (secondary N) is 2. The predicted octanol–water partition coefficient (Wildman–Crippen LogP) is 3.54. The van der Waals surface area contributed by atoms with Crippen LogP contribution in [0, 0.1) is 17.8 Å². The molecule has 2 heterocycles. The number of fused-ring (bicyclic) bond motifs is 1. The Hall–Kier alpha value is -3.76. The largest absolute Gasteiger partial charge is 0.495 e. The van der Waals surface area contributed by atoms with Crippen LogP contribution in [0.15, 0.2) is 41.6 Å². The maximum absolute atomic E-state index is 13.4. The number of hydrogen-bond donors (Lipinski definition) is 2. The molecule has 220 valence electrons. The maximum atomic E-state index is 13.4. The number of benzene rings is 2. The number of sulfone groups is 1. The van der Waals surface area contributed by atoms with Crippen molar-refractivity contribution in [2.45, 2.75) is 37.0 Å². The number of carbonyl (C=O) groups is 1. The molecule has 0 saturated carbocycles. The number of alkyl halides is 3. The Balaban J connectivity index is 1.63. The Morgan fingerprint density at radius 1 is 1.24 bits per heavy atom. The lowest BCUT2D eigenvalue weighted by Crippen LogP contribution is -2.48. The normalized spacial score (nSPS) is 18.0. The number of hydrogen-bond acceptors (Lipinski definition) is 7. The van der Waals surface area contributed by atoms with E-state index in [0.717, 1.165) is 36.7 Å². The molecule has 13 heteroatoms. The summed E-state index contributed by atoms with van der Waals surface area (Å²) in [5, 5.41) is 6.05. The molecular formula is C28H32F3N5O4S. The molecule has 2 atom stereocenters. The quantitative estimate of drug-likeness (QED) is 0.405. The summed E-state index contributed by atoms with van der Waals surface area (Å²) in [5.74, 6) is 5.98. The molecule has 0 radical (unpaired) electrons. The third-order valence-corrected chi connectivity index (χ3v) is 8.05. The highest BCUT2D eigenvalue weighted by Gasteiger charge is 2.30. The van der Waals surface area contributed by atoms with Crippen molar-refractivity contribution in [3.63, 3.8) is 0 Å². The average Bonchev–Trinajstić information content (AvgIpc) is 3.28. The minimum Gasteiger partial charge on any atom is -0.495 e. The minimum atomic E-state index is -4.48. The molecule has 2 aromatic carbocycles. The van der Waals surface area contributed by atoms with E-state index in [9.17, 15) is 26.4 Å². The van der Waals surface area contributed by atoms with Crippen molar-refractivity contribution < 1.29 is 31.1 Å². The van der Waals surface area contributed by atoms with Crippen molar-refractivity contribution in [1.29, 1.82) is 0 Å². The third kappa shape index (κ3) is 7.51. The number of likely N-dealkylation sites (tertiary alicyclic amines) is 1. The molecule has 1 aliphatic rings. The number of halogens is 3. The molecule has 0 aliphatic carbocycles. The number of anilines is 1. The molecule has 4 rings (SSSR count). The zero-order valence-corrected chi connectivity index (χ0v) is 24.0. The van der Waals surface area contributed by atoms with Gasteiger partial charge in [-0.25, -0.2) is 13.4 Å². The van der Waals surface area contributed by atoms with Gasteiger partial charge in [0.25, 0.3) is 5.91 Å². The summed E-state index contributed by atoms with van der Waals surface area (Å²) in [6.07, 6.45) is -1.55. The van der Waals surface area contributed by atoms with Gasteiger partial charge in [0.1, 0.15) is 17.8 Å². The molecule has 2 N–H and O–H groups in total. The van der Waals surface area contributed by atoms with Crippen LogP contribution >= 0.6 is 0 Å². The standard InChI is InChI=1S/C28H32F3N5O4S/c1-18-15-35(2)11-9-22(18)34-27(37)21-12-19(13-24-26(21)33-17-36(24)16-28(29,30)31)6-5-10-32-23-14-20(41(4,38)39)7-8-25(23)40-3/h7-8,12-14,17-18,22,32H,9-11,15-16H2,1-4H3,(H,34,37)/t18-,22+/m1/s1. The van der Waals surface area contributed by atoms with Gasteiger partial charge in [0.2, 0.25) is 0 Å². The second-order valence-electron chi connectivity index (χ2n) is 10.3. The minimum absolute atomic E-state index is 0.0675. The van der Waals surface area contributed by atoms with Gasteiger partial charge in [-0.3, -0.25) is 4.79 Å². The van der Waals surface area contributed by atoms with E-state index in [0.29, 0.717) is 17.0 Å². The Kier molecular flexibility index (Phi) is 8.84.